The predicted octanol–water partition coefficient (Wildman–Crippen LogP) is 3.29. The standard InChI is InChI=1S/C22H17N5O/c28-22-21-17(15-5-9-23-10-6-15)7-11-24-20(21)14-27(22)12-8-16-13-25-18-3-1-2-4-19(18)26-16/h1-7,9-11,13H,8,12,14H2. The van der Waals surface area contributed by atoms with Gasteiger partial charge in [-0.25, -0.2) is 4.98 Å². The molecule has 0 atom stereocenters. The molecule has 0 saturated heterocycles. The minimum absolute atomic E-state index is 0.0173. The monoisotopic (exact) mass is 367 g/mol. The number of pyridine rings is 2. The number of aromatic nitrogens is 4. The van der Waals surface area contributed by atoms with Gasteiger partial charge in [0, 0.05) is 37.8 Å². The molecular formula is C22H17N5O. The third-order valence-electron chi connectivity index (χ3n) is 5.00. The number of rotatable bonds is 4. The van der Waals surface area contributed by atoms with Crippen molar-refractivity contribution in [3.05, 3.63) is 84.2 Å². The lowest BCUT2D eigenvalue weighted by atomic mass is 10.0. The molecule has 0 saturated carbocycles. The topological polar surface area (TPSA) is 71.9 Å². The summed E-state index contributed by atoms with van der Waals surface area (Å²) >= 11 is 0. The van der Waals surface area contributed by atoms with Crippen LogP contribution in [0.15, 0.2) is 67.3 Å². The molecule has 0 fully saturated rings. The van der Waals surface area contributed by atoms with Gasteiger partial charge >= 0.3 is 0 Å². The molecule has 0 radical (unpaired) electrons. The number of amides is 1. The largest absolute Gasteiger partial charge is 0.332 e. The van der Waals surface area contributed by atoms with E-state index in [0.29, 0.717) is 25.1 Å². The molecule has 1 aliphatic heterocycles. The first-order valence-electron chi connectivity index (χ1n) is 9.18. The van der Waals surface area contributed by atoms with Crippen LogP contribution in [0.25, 0.3) is 22.2 Å². The molecule has 6 heteroatoms. The van der Waals surface area contributed by atoms with Crippen LogP contribution >= 0.6 is 0 Å². The molecule has 1 amide bonds. The lowest BCUT2D eigenvalue weighted by molar-refractivity contribution is 0.0780. The van der Waals surface area contributed by atoms with Crippen LogP contribution in [0.1, 0.15) is 21.7 Å². The van der Waals surface area contributed by atoms with Crippen LogP contribution in [-0.2, 0) is 13.0 Å². The highest BCUT2D eigenvalue weighted by Gasteiger charge is 2.31. The SMILES string of the molecule is O=C1c2c(-c3ccncc3)ccnc2CN1CCc1cnc2ccccc2n1. The number of para-hydroxylation sites is 2. The summed E-state index contributed by atoms with van der Waals surface area (Å²) in [4.78, 5) is 32.5. The Morgan fingerprint density at radius 1 is 0.929 bits per heavy atom. The van der Waals surface area contributed by atoms with Crippen LogP contribution in [0.4, 0.5) is 0 Å². The third-order valence-corrected chi connectivity index (χ3v) is 5.00. The number of fused-ring (bicyclic) bond motifs is 2. The van der Waals surface area contributed by atoms with E-state index in [1.807, 2.05) is 47.4 Å². The van der Waals surface area contributed by atoms with Crippen molar-refractivity contribution in [2.45, 2.75) is 13.0 Å². The lowest BCUT2D eigenvalue weighted by Crippen LogP contribution is -2.26. The van der Waals surface area contributed by atoms with Crippen LogP contribution in [-0.4, -0.2) is 37.3 Å². The van der Waals surface area contributed by atoms with Gasteiger partial charge in [-0.15, -0.1) is 0 Å². The van der Waals surface area contributed by atoms with Crippen LogP contribution in [0.5, 0.6) is 0 Å². The van der Waals surface area contributed by atoms with Crippen LogP contribution in [0, 0.1) is 0 Å². The second-order valence-corrected chi connectivity index (χ2v) is 6.74. The molecular weight excluding hydrogens is 350 g/mol. The normalized spacial score (nSPS) is 13.1. The molecule has 0 unspecified atom stereocenters. The molecule has 1 aromatic carbocycles. The molecule has 0 aliphatic carbocycles. The molecule has 3 aromatic heterocycles. The van der Waals surface area contributed by atoms with Crippen LogP contribution < -0.4 is 0 Å². The van der Waals surface area contributed by atoms with Gasteiger partial charge in [0.2, 0.25) is 0 Å². The first-order chi connectivity index (χ1) is 13.8. The summed E-state index contributed by atoms with van der Waals surface area (Å²) in [7, 11) is 0. The average Bonchev–Trinajstić information content (AvgIpc) is 3.08. The Hall–Kier alpha value is -3.67. The molecule has 6 nitrogen and oxygen atoms in total. The van der Waals surface area contributed by atoms with Gasteiger partial charge in [-0.2, -0.15) is 0 Å². The van der Waals surface area contributed by atoms with Gasteiger partial charge in [0.1, 0.15) is 0 Å². The van der Waals surface area contributed by atoms with Crippen LogP contribution in [0.2, 0.25) is 0 Å². The van der Waals surface area contributed by atoms with Gasteiger partial charge in [0.15, 0.2) is 0 Å². The zero-order valence-corrected chi connectivity index (χ0v) is 15.1. The van der Waals surface area contributed by atoms with Gasteiger partial charge in [-0.05, 0) is 41.5 Å². The van der Waals surface area contributed by atoms with E-state index in [4.69, 9.17) is 0 Å². The number of nitrogens with zero attached hydrogens (tertiary/aromatic N) is 5. The van der Waals surface area contributed by atoms with Crippen molar-refractivity contribution in [2.24, 2.45) is 0 Å². The Bertz CT molecular complexity index is 1180. The summed E-state index contributed by atoms with van der Waals surface area (Å²) in [6.45, 7) is 1.10. The third kappa shape index (κ3) is 2.89. The Labute approximate surface area is 161 Å². The van der Waals surface area contributed by atoms with Crippen molar-refractivity contribution in [3.8, 4) is 11.1 Å². The summed E-state index contributed by atoms with van der Waals surface area (Å²) in [6.07, 6.45) is 7.68. The smallest absolute Gasteiger partial charge is 0.256 e. The Kier molecular flexibility index (Phi) is 4.01. The van der Waals surface area contributed by atoms with Crippen molar-refractivity contribution in [1.82, 2.24) is 24.8 Å². The predicted molar refractivity (Wildman–Crippen MR) is 105 cm³/mol. The molecule has 0 bridgehead atoms. The zero-order chi connectivity index (χ0) is 18.9. The van der Waals surface area contributed by atoms with Gasteiger partial charge < -0.3 is 4.90 Å². The van der Waals surface area contributed by atoms with Gasteiger partial charge in [-0.3, -0.25) is 19.7 Å². The van der Waals surface area contributed by atoms with E-state index >= 15 is 0 Å². The van der Waals surface area contributed by atoms with E-state index in [-0.39, 0.29) is 5.91 Å². The molecule has 136 valence electrons. The van der Waals surface area contributed by atoms with E-state index in [9.17, 15) is 4.79 Å². The van der Waals surface area contributed by atoms with E-state index in [1.165, 1.54) is 0 Å². The molecule has 4 heterocycles. The Balaban J connectivity index is 1.38. The average molecular weight is 367 g/mol. The fraction of sp³-hybridized carbons (Fsp3) is 0.136. The Morgan fingerprint density at radius 2 is 1.75 bits per heavy atom. The molecule has 28 heavy (non-hydrogen) atoms. The van der Waals surface area contributed by atoms with Crippen molar-refractivity contribution >= 4 is 16.9 Å². The summed E-state index contributed by atoms with van der Waals surface area (Å²) in [5, 5.41) is 0. The van der Waals surface area contributed by atoms with E-state index in [1.54, 1.807) is 24.8 Å². The molecule has 4 aromatic rings. The Morgan fingerprint density at radius 3 is 2.61 bits per heavy atom. The fourth-order valence-electron chi connectivity index (χ4n) is 3.59. The number of hydrogen-bond acceptors (Lipinski definition) is 5. The quantitative estimate of drug-likeness (QED) is 0.553. The highest BCUT2D eigenvalue weighted by atomic mass is 16.2. The summed E-state index contributed by atoms with van der Waals surface area (Å²) in [6, 6.07) is 13.5. The molecule has 0 N–H and O–H groups in total. The first kappa shape index (κ1) is 16.5. The number of carbonyl (C=O) groups is 1. The van der Waals surface area contributed by atoms with E-state index in [0.717, 1.165) is 33.5 Å². The van der Waals surface area contributed by atoms with Crippen molar-refractivity contribution in [3.63, 3.8) is 0 Å². The summed E-state index contributed by atoms with van der Waals surface area (Å²) < 4.78 is 0. The van der Waals surface area contributed by atoms with Crippen LogP contribution in [0.3, 0.4) is 0 Å². The number of benzene rings is 1. The fourth-order valence-corrected chi connectivity index (χ4v) is 3.59. The second kappa shape index (κ2) is 6.81. The first-order valence-corrected chi connectivity index (χ1v) is 9.18. The second-order valence-electron chi connectivity index (χ2n) is 6.74. The highest BCUT2D eigenvalue weighted by molar-refractivity contribution is 6.04. The number of hydrogen-bond donors (Lipinski definition) is 0. The minimum atomic E-state index is 0.0173. The van der Waals surface area contributed by atoms with Crippen molar-refractivity contribution < 1.29 is 4.79 Å². The van der Waals surface area contributed by atoms with Gasteiger partial charge in [0.05, 0.1) is 34.5 Å². The van der Waals surface area contributed by atoms with E-state index < -0.39 is 0 Å². The molecule has 1 aliphatic rings. The maximum atomic E-state index is 13.1. The number of carbonyl (C=O) groups excluding carboxylic acids is 1. The molecule has 0 spiro atoms. The summed E-state index contributed by atoms with van der Waals surface area (Å²) in [5.74, 6) is 0.0173. The zero-order valence-electron chi connectivity index (χ0n) is 15.1. The molecule has 5 rings (SSSR count). The lowest BCUT2D eigenvalue weighted by Gasteiger charge is -2.15. The van der Waals surface area contributed by atoms with Gasteiger partial charge in [-0.1, -0.05) is 12.1 Å². The minimum Gasteiger partial charge on any atom is -0.332 e. The van der Waals surface area contributed by atoms with Crippen molar-refractivity contribution in [1.29, 1.82) is 0 Å². The summed E-state index contributed by atoms with van der Waals surface area (Å²) in [5.41, 5.74) is 6.03. The highest BCUT2D eigenvalue weighted by Crippen LogP contribution is 2.31. The van der Waals surface area contributed by atoms with Crippen molar-refractivity contribution in [2.75, 3.05) is 6.54 Å². The maximum absolute atomic E-state index is 13.1. The van der Waals surface area contributed by atoms with Gasteiger partial charge in [0.25, 0.3) is 5.91 Å². The van der Waals surface area contributed by atoms with E-state index in [2.05, 4.69) is 19.9 Å². The maximum Gasteiger partial charge on any atom is 0.256 e.